The zero-order valence-corrected chi connectivity index (χ0v) is 21.5. The molecule has 0 heterocycles. The van der Waals surface area contributed by atoms with E-state index in [-0.39, 0.29) is 10.1 Å². The first-order valence-corrected chi connectivity index (χ1v) is 16.3. The number of halogens is 2. The number of rotatable bonds is 4. The molecule has 0 amide bonds. The fraction of sp³-hybridized carbons (Fsp3) is 0.417. The normalized spacial score (nSPS) is 16.4. The maximum absolute atomic E-state index is 7.34. The highest BCUT2D eigenvalue weighted by Crippen LogP contribution is 2.43. The highest BCUT2D eigenvalue weighted by atomic mass is 35.6. The van der Waals surface area contributed by atoms with Gasteiger partial charge < -0.3 is 0 Å². The maximum Gasteiger partial charge on any atom is 0.242 e. The van der Waals surface area contributed by atoms with Gasteiger partial charge in [0.25, 0.3) is 0 Å². The third-order valence-electron chi connectivity index (χ3n) is 5.42. The molecule has 0 aliphatic heterocycles. The summed E-state index contributed by atoms with van der Waals surface area (Å²) >= 11 is 14.7. The zero-order valence-electron chi connectivity index (χ0n) is 17.9. The first kappa shape index (κ1) is 23.3. The monoisotopic (exact) mass is 446 g/mol. The van der Waals surface area contributed by atoms with Gasteiger partial charge in [-0.25, -0.2) is 0 Å². The predicted octanol–water partition coefficient (Wildman–Crippen LogP) is 7.60. The maximum atomic E-state index is 7.34. The molecule has 2 rings (SSSR count). The number of hydrogen-bond acceptors (Lipinski definition) is 0. The molecule has 0 aliphatic rings. The minimum absolute atomic E-state index is 0.0474. The largest absolute Gasteiger partial charge is 0.242 e. The standard InChI is InChI=1S/C24H32Cl2Si2/c1-23(2,3)27(25,19-21-13-9-7-10-14-21)17-18-28(26,24(4,5)6)20-22-15-11-8-12-16-22/h7-16H,19-20H2,1-6H3. The molecule has 0 spiro atoms. The average molecular weight is 448 g/mol. The van der Waals surface area contributed by atoms with Crippen LogP contribution in [0.1, 0.15) is 52.7 Å². The molecule has 0 N–H and O–H groups in total. The third kappa shape index (κ3) is 5.77. The molecule has 2 unspecified atom stereocenters. The first-order valence-electron chi connectivity index (χ1n) is 9.86. The van der Waals surface area contributed by atoms with Gasteiger partial charge in [0.15, 0.2) is 0 Å². The van der Waals surface area contributed by atoms with Crippen LogP contribution < -0.4 is 0 Å². The van der Waals surface area contributed by atoms with Crippen LogP contribution >= 0.6 is 22.2 Å². The Morgan fingerprint density at radius 1 is 0.607 bits per heavy atom. The van der Waals surface area contributed by atoms with E-state index in [2.05, 4.69) is 101 Å². The molecule has 2 aromatic rings. The molecule has 2 atom stereocenters. The van der Waals surface area contributed by atoms with E-state index in [4.69, 9.17) is 22.2 Å². The van der Waals surface area contributed by atoms with Crippen LogP contribution in [0.3, 0.4) is 0 Å². The second-order valence-corrected chi connectivity index (χ2v) is 21.0. The number of hydrogen-bond donors (Lipinski definition) is 0. The van der Waals surface area contributed by atoms with Gasteiger partial charge in [-0.05, 0) is 33.3 Å². The van der Waals surface area contributed by atoms with Crippen LogP contribution in [0.5, 0.6) is 0 Å². The molecule has 0 saturated heterocycles. The van der Waals surface area contributed by atoms with Gasteiger partial charge >= 0.3 is 0 Å². The van der Waals surface area contributed by atoms with Crippen molar-refractivity contribution in [1.82, 2.24) is 0 Å². The van der Waals surface area contributed by atoms with Crippen LogP contribution in [0.4, 0.5) is 0 Å². The zero-order chi connectivity index (χ0) is 21.1. The van der Waals surface area contributed by atoms with Crippen LogP contribution in [0.25, 0.3) is 0 Å². The van der Waals surface area contributed by atoms with Crippen molar-refractivity contribution in [1.29, 1.82) is 0 Å². The van der Waals surface area contributed by atoms with Gasteiger partial charge in [0, 0.05) is 0 Å². The van der Waals surface area contributed by atoms with Gasteiger partial charge in [-0.2, -0.15) is 0 Å². The summed E-state index contributed by atoms with van der Waals surface area (Å²) in [7, 11) is -4.87. The molecule has 4 heteroatoms. The van der Waals surface area contributed by atoms with Crippen molar-refractivity contribution in [3.8, 4) is 11.1 Å². The second-order valence-electron chi connectivity index (χ2n) is 9.68. The molecule has 0 bridgehead atoms. The summed E-state index contributed by atoms with van der Waals surface area (Å²) in [6.45, 7) is 13.3. The van der Waals surface area contributed by atoms with Gasteiger partial charge in [0.1, 0.15) is 0 Å². The van der Waals surface area contributed by atoms with Crippen LogP contribution in [0, 0.1) is 11.1 Å². The Morgan fingerprint density at radius 3 is 1.14 bits per heavy atom. The quantitative estimate of drug-likeness (QED) is 0.257. The highest BCUT2D eigenvalue weighted by Gasteiger charge is 2.46. The molecule has 150 valence electrons. The summed E-state index contributed by atoms with van der Waals surface area (Å²) < 4.78 is 0. The lowest BCUT2D eigenvalue weighted by molar-refractivity contribution is 0.730. The lowest BCUT2D eigenvalue weighted by Gasteiger charge is -2.36. The van der Waals surface area contributed by atoms with Crippen LogP contribution in [0.2, 0.25) is 10.1 Å². The highest BCUT2D eigenvalue weighted by molar-refractivity contribution is 7.29. The van der Waals surface area contributed by atoms with Gasteiger partial charge in [0.2, 0.25) is 14.8 Å². The minimum atomic E-state index is -2.44. The fourth-order valence-corrected chi connectivity index (χ4v) is 9.89. The molecule has 2 aromatic carbocycles. The van der Waals surface area contributed by atoms with Crippen molar-refractivity contribution in [3.05, 3.63) is 71.8 Å². The van der Waals surface area contributed by atoms with Crippen molar-refractivity contribution < 1.29 is 0 Å². The summed E-state index contributed by atoms with van der Waals surface area (Å²) in [5.74, 6) is 0. The van der Waals surface area contributed by atoms with Crippen LogP contribution in [-0.4, -0.2) is 14.8 Å². The van der Waals surface area contributed by atoms with Crippen molar-refractivity contribution in [3.63, 3.8) is 0 Å². The topological polar surface area (TPSA) is 0 Å². The predicted molar refractivity (Wildman–Crippen MR) is 131 cm³/mol. The van der Waals surface area contributed by atoms with E-state index in [0.717, 1.165) is 12.1 Å². The van der Waals surface area contributed by atoms with Gasteiger partial charge in [0.05, 0.1) is 0 Å². The first-order chi connectivity index (χ1) is 12.9. The Kier molecular flexibility index (Phi) is 7.32. The van der Waals surface area contributed by atoms with Gasteiger partial charge in [-0.1, -0.05) is 102 Å². The molecule has 0 aromatic heterocycles. The van der Waals surface area contributed by atoms with E-state index in [0.29, 0.717) is 0 Å². The van der Waals surface area contributed by atoms with Crippen molar-refractivity contribution in [2.24, 2.45) is 0 Å². The molecular formula is C24H32Cl2Si2. The SMILES string of the molecule is CC(C)(C)[Si](Cl)(C#C[Si](Cl)(Cc1ccccc1)C(C)(C)C)Cc1ccccc1. The third-order valence-corrected chi connectivity index (χ3v) is 18.0. The van der Waals surface area contributed by atoms with Crippen LogP contribution in [-0.2, 0) is 12.1 Å². The summed E-state index contributed by atoms with van der Waals surface area (Å²) in [5.41, 5.74) is 9.79. The molecule has 0 saturated carbocycles. The summed E-state index contributed by atoms with van der Waals surface area (Å²) in [6.07, 6.45) is 0. The van der Waals surface area contributed by atoms with Crippen molar-refractivity contribution in [2.45, 2.75) is 63.7 Å². The van der Waals surface area contributed by atoms with E-state index in [1.54, 1.807) is 0 Å². The van der Waals surface area contributed by atoms with Gasteiger partial charge in [-0.15, -0.1) is 33.2 Å². The molecular weight excluding hydrogens is 415 g/mol. The average Bonchev–Trinajstić information content (AvgIpc) is 2.60. The minimum Gasteiger partial charge on any atom is -0.149 e. The summed E-state index contributed by atoms with van der Waals surface area (Å²) in [5, 5.41) is -0.0948. The Bertz CT molecular complexity index is 757. The fourth-order valence-electron chi connectivity index (χ4n) is 2.95. The van der Waals surface area contributed by atoms with Crippen LogP contribution in [0.15, 0.2) is 60.7 Å². The van der Waals surface area contributed by atoms with E-state index in [1.165, 1.54) is 11.1 Å². The summed E-state index contributed by atoms with van der Waals surface area (Å²) in [4.78, 5) is 0. The lowest BCUT2D eigenvalue weighted by atomic mass is 10.2. The smallest absolute Gasteiger partial charge is 0.149 e. The Hall–Kier alpha value is -0.986. The lowest BCUT2D eigenvalue weighted by Crippen LogP contribution is -2.44. The Balaban J connectivity index is 2.45. The Labute approximate surface area is 183 Å². The van der Waals surface area contributed by atoms with Crippen molar-refractivity contribution in [2.75, 3.05) is 0 Å². The molecule has 28 heavy (non-hydrogen) atoms. The molecule has 0 fully saturated rings. The molecule has 0 nitrogen and oxygen atoms in total. The second kappa shape index (κ2) is 8.80. The van der Waals surface area contributed by atoms with E-state index in [9.17, 15) is 0 Å². The molecule has 0 radical (unpaired) electrons. The van der Waals surface area contributed by atoms with E-state index < -0.39 is 14.8 Å². The molecule has 0 aliphatic carbocycles. The number of benzene rings is 2. The summed E-state index contributed by atoms with van der Waals surface area (Å²) in [6, 6.07) is 22.6. The van der Waals surface area contributed by atoms with E-state index >= 15 is 0 Å². The van der Waals surface area contributed by atoms with Crippen molar-refractivity contribution >= 4 is 36.9 Å². The Morgan fingerprint density at radius 2 is 0.893 bits per heavy atom. The van der Waals surface area contributed by atoms with Gasteiger partial charge in [-0.3, -0.25) is 0 Å². The van der Waals surface area contributed by atoms with E-state index in [1.807, 2.05) is 12.1 Å².